The van der Waals surface area contributed by atoms with Gasteiger partial charge >= 0.3 is 7.32 Å². The molecule has 0 unspecified atom stereocenters. The number of hydrogen-bond acceptors (Lipinski definition) is 4. The van der Waals surface area contributed by atoms with Crippen molar-refractivity contribution in [1.29, 1.82) is 0 Å². The molecule has 0 bridgehead atoms. The van der Waals surface area contributed by atoms with E-state index in [2.05, 4.69) is 4.65 Å². The molecule has 0 radical (unpaired) electrons. The molecule has 90 valence electrons. The zero-order chi connectivity index (χ0) is 11.7. The van der Waals surface area contributed by atoms with E-state index in [1.54, 1.807) is 0 Å². The van der Waals surface area contributed by atoms with Gasteiger partial charge in [0.05, 0.1) is 0 Å². The third-order valence-electron chi connectivity index (χ3n) is 1.39. The van der Waals surface area contributed by atoms with Crippen molar-refractivity contribution in [2.45, 2.75) is 0 Å². The second kappa shape index (κ2) is 5.10. The summed E-state index contributed by atoms with van der Waals surface area (Å²) in [5.41, 5.74) is 0. The summed E-state index contributed by atoms with van der Waals surface area (Å²) >= 11 is 0. The van der Waals surface area contributed by atoms with Gasteiger partial charge in [0, 0.05) is 0 Å². The molecule has 0 aliphatic heterocycles. The van der Waals surface area contributed by atoms with Gasteiger partial charge in [-0.1, -0.05) is 0 Å². The van der Waals surface area contributed by atoms with Gasteiger partial charge in [0.1, 0.15) is 0 Å². The molecule has 0 atom stereocenters. The minimum atomic E-state index is -2.70. The molecular formula is C6H5BF5NO3. The largest absolute Gasteiger partial charge is 0.707 e. The molecule has 16 heavy (non-hydrogen) atoms. The van der Waals surface area contributed by atoms with E-state index in [0.717, 1.165) is 0 Å². The minimum Gasteiger partial charge on any atom is -0.507 e. The number of halogens is 5. The van der Waals surface area contributed by atoms with Crippen molar-refractivity contribution in [1.82, 2.24) is 6.15 Å². The van der Waals surface area contributed by atoms with E-state index in [-0.39, 0.29) is 6.15 Å². The van der Waals surface area contributed by atoms with Crippen LogP contribution in [-0.4, -0.2) is 17.4 Å². The Labute approximate surface area is 86.0 Å². The number of hydrogen-bond donors (Lipinski definition) is 3. The Morgan fingerprint density at radius 3 is 1.38 bits per heavy atom. The highest BCUT2D eigenvalue weighted by Gasteiger charge is 2.29. The Balaban J connectivity index is 0.00000225. The summed E-state index contributed by atoms with van der Waals surface area (Å²) in [6.07, 6.45) is 0. The maximum Gasteiger partial charge on any atom is 0.707 e. The Hall–Kier alpha value is -1.39. The lowest BCUT2D eigenvalue weighted by molar-refractivity contribution is 0.263. The van der Waals surface area contributed by atoms with Gasteiger partial charge in [-0.25, -0.2) is 13.2 Å². The van der Waals surface area contributed by atoms with Gasteiger partial charge in [-0.15, -0.1) is 0 Å². The molecule has 0 aliphatic rings. The molecule has 1 aromatic carbocycles. The van der Waals surface area contributed by atoms with E-state index in [1.165, 1.54) is 0 Å². The third-order valence-corrected chi connectivity index (χ3v) is 1.39. The first-order valence-electron chi connectivity index (χ1n) is 3.40. The summed E-state index contributed by atoms with van der Waals surface area (Å²) in [5.74, 6) is -13.1. The zero-order valence-electron chi connectivity index (χ0n) is 7.48. The average Bonchev–Trinajstić information content (AvgIpc) is 2.18. The van der Waals surface area contributed by atoms with E-state index in [4.69, 9.17) is 10.0 Å². The first kappa shape index (κ1) is 14.6. The molecule has 0 spiro atoms. The van der Waals surface area contributed by atoms with Gasteiger partial charge in [0.15, 0.2) is 5.75 Å². The molecule has 0 fully saturated rings. The topological polar surface area (TPSA) is 84.7 Å². The molecular weight excluding hydrogens is 240 g/mol. The summed E-state index contributed by atoms with van der Waals surface area (Å²) < 4.78 is 66.3. The fraction of sp³-hybridized carbons (Fsp3) is 0. The normalized spacial score (nSPS) is 9.69. The van der Waals surface area contributed by atoms with Gasteiger partial charge in [-0.3, -0.25) is 0 Å². The van der Waals surface area contributed by atoms with Crippen LogP contribution in [0.5, 0.6) is 5.75 Å². The predicted octanol–water partition coefficient (Wildman–Crippen LogP) is 0.892. The second-order valence-electron chi connectivity index (χ2n) is 2.34. The van der Waals surface area contributed by atoms with Crippen molar-refractivity contribution in [3.05, 3.63) is 29.1 Å². The molecule has 4 nitrogen and oxygen atoms in total. The van der Waals surface area contributed by atoms with E-state index < -0.39 is 42.2 Å². The van der Waals surface area contributed by atoms with Crippen molar-refractivity contribution in [2.24, 2.45) is 0 Å². The second-order valence-corrected chi connectivity index (χ2v) is 2.34. The van der Waals surface area contributed by atoms with Crippen molar-refractivity contribution in [3.63, 3.8) is 0 Å². The van der Waals surface area contributed by atoms with Crippen LogP contribution in [0.15, 0.2) is 0 Å². The van der Waals surface area contributed by atoms with Crippen molar-refractivity contribution >= 4 is 7.32 Å². The van der Waals surface area contributed by atoms with Gasteiger partial charge in [-0.05, 0) is 0 Å². The molecule has 0 aromatic heterocycles. The van der Waals surface area contributed by atoms with Gasteiger partial charge in [0.25, 0.3) is 0 Å². The SMILES string of the molecule is N.OB(O)Oc1c(F)c(F)c(F)c(F)c1F. The maximum atomic E-state index is 12.7. The molecule has 5 N–H and O–H groups in total. The van der Waals surface area contributed by atoms with Crippen molar-refractivity contribution < 1.29 is 36.7 Å². The van der Waals surface area contributed by atoms with E-state index >= 15 is 0 Å². The molecule has 0 saturated heterocycles. The lowest BCUT2D eigenvalue weighted by atomic mass is 10.2. The first-order chi connectivity index (χ1) is 6.86. The zero-order valence-corrected chi connectivity index (χ0v) is 7.48. The van der Waals surface area contributed by atoms with Crippen LogP contribution in [-0.2, 0) is 0 Å². The molecule has 0 amide bonds. The van der Waals surface area contributed by atoms with Crippen LogP contribution in [0, 0.1) is 29.1 Å². The summed E-state index contributed by atoms with van der Waals surface area (Å²) in [6.45, 7) is 0. The van der Waals surface area contributed by atoms with Gasteiger partial charge in [-0.2, -0.15) is 8.78 Å². The maximum absolute atomic E-state index is 12.7. The predicted molar refractivity (Wildman–Crippen MR) is 42.1 cm³/mol. The van der Waals surface area contributed by atoms with Crippen LogP contribution in [0.25, 0.3) is 0 Å². The smallest absolute Gasteiger partial charge is 0.507 e. The van der Waals surface area contributed by atoms with E-state index in [1.807, 2.05) is 0 Å². The Bertz CT molecular complexity index is 373. The quantitative estimate of drug-likeness (QED) is 0.312. The Morgan fingerprint density at radius 2 is 1.06 bits per heavy atom. The molecule has 10 heteroatoms. The van der Waals surface area contributed by atoms with Crippen LogP contribution < -0.4 is 10.8 Å². The van der Waals surface area contributed by atoms with Gasteiger partial charge in [0.2, 0.25) is 29.1 Å². The van der Waals surface area contributed by atoms with Crippen molar-refractivity contribution in [3.8, 4) is 5.75 Å². The highest BCUT2D eigenvalue weighted by atomic mass is 19.2. The molecule has 1 aromatic rings. The highest BCUT2D eigenvalue weighted by molar-refractivity contribution is 6.33. The summed E-state index contributed by atoms with van der Waals surface area (Å²) in [6, 6.07) is 0. The van der Waals surface area contributed by atoms with E-state index in [0.29, 0.717) is 0 Å². The van der Waals surface area contributed by atoms with Crippen LogP contribution in [0.1, 0.15) is 0 Å². The number of benzene rings is 1. The summed E-state index contributed by atoms with van der Waals surface area (Å²) in [5, 5.41) is 16.3. The first-order valence-corrected chi connectivity index (χ1v) is 3.40. The molecule has 1 rings (SSSR count). The van der Waals surface area contributed by atoms with Crippen LogP contribution >= 0.6 is 0 Å². The molecule has 0 saturated carbocycles. The third kappa shape index (κ3) is 2.40. The van der Waals surface area contributed by atoms with Gasteiger partial charge < -0.3 is 20.9 Å². The molecule has 0 aliphatic carbocycles. The molecule has 0 heterocycles. The summed E-state index contributed by atoms with van der Waals surface area (Å²) in [4.78, 5) is 0. The van der Waals surface area contributed by atoms with E-state index in [9.17, 15) is 22.0 Å². The fourth-order valence-electron chi connectivity index (χ4n) is 0.794. The highest BCUT2D eigenvalue weighted by Crippen LogP contribution is 2.28. The van der Waals surface area contributed by atoms with Crippen molar-refractivity contribution in [2.75, 3.05) is 0 Å². The Kier molecular flexibility index (Phi) is 4.66. The van der Waals surface area contributed by atoms with Crippen LogP contribution in [0.2, 0.25) is 0 Å². The number of rotatable bonds is 2. The monoisotopic (exact) mass is 245 g/mol. The lowest BCUT2D eigenvalue weighted by Gasteiger charge is -2.08. The standard InChI is InChI=1S/C6H2BF5O3.H3N/c8-1-2(9)4(11)6(15-7(13)14)5(12)3(1)10;/h13-14H;1H3. The fourth-order valence-corrected chi connectivity index (χ4v) is 0.794. The Morgan fingerprint density at radius 1 is 0.750 bits per heavy atom. The summed E-state index contributed by atoms with van der Waals surface area (Å²) in [7, 11) is -2.70. The average molecular weight is 245 g/mol. The van der Waals surface area contributed by atoms with Crippen LogP contribution in [0.3, 0.4) is 0 Å². The minimum absolute atomic E-state index is 0. The lowest BCUT2D eigenvalue weighted by Crippen LogP contribution is -2.23. The van der Waals surface area contributed by atoms with Crippen LogP contribution in [0.4, 0.5) is 22.0 Å².